The molecule has 3 amide bonds. The number of carbonyl (C=O) groups excluding carboxylic acids is 3. The van der Waals surface area contributed by atoms with Gasteiger partial charge in [-0.2, -0.15) is 0 Å². The molecule has 2 aromatic carbocycles. The number of hydrogen-bond acceptors (Lipinski definition) is 5. The van der Waals surface area contributed by atoms with Crippen molar-refractivity contribution in [1.29, 1.82) is 0 Å². The second kappa shape index (κ2) is 15.1. The Morgan fingerprint density at radius 2 is 1.89 bits per heavy atom. The number of fused-ring (bicyclic) bond motifs is 1. The quantitative estimate of drug-likeness (QED) is 0.187. The molecule has 0 unspecified atom stereocenters. The van der Waals surface area contributed by atoms with Gasteiger partial charge in [0.2, 0.25) is 17.7 Å². The molecule has 1 fully saturated rings. The van der Waals surface area contributed by atoms with Gasteiger partial charge in [-0.1, -0.05) is 35.3 Å². The number of anilines is 2. The number of piperidine rings is 1. The van der Waals surface area contributed by atoms with Crippen molar-refractivity contribution in [3.63, 3.8) is 0 Å². The van der Waals surface area contributed by atoms with Crippen LogP contribution in [0, 0.1) is 6.92 Å². The maximum absolute atomic E-state index is 13.0. The standard InChI is InChI=1S/C32H30BrCl2N5O4.ClH/c1-20-31(33)40-17-5-6-26(32(40)37-20)44-19-23-24(34)13-14-25(30(23)35)38(2)29(43)18-36-27(41)15-10-21-8-11-22(12-9-21)39-16-4-3-7-28(39)42;/h5-6,8-15,17H,3-4,7,16,18-19H2,1-2H3,(H,36,41);1H. The van der Waals surface area contributed by atoms with Crippen molar-refractivity contribution >= 4 is 92.4 Å². The second-order valence-corrected chi connectivity index (χ2v) is 11.8. The summed E-state index contributed by atoms with van der Waals surface area (Å²) in [6.45, 7) is 2.42. The monoisotopic (exact) mass is 733 g/mol. The smallest absolute Gasteiger partial charge is 0.246 e. The van der Waals surface area contributed by atoms with Gasteiger partial charge in [0.25, 0.3) is 0 Å². The summed E-state index contributed by atoms with van der Waals surface area (Å²) in [5.41, 5.74) is 4.04. The molecule has 2 aromatic heterocycles. The van der Waals surface area contributed by atoms with Crippen LogP contribution in [0.25, 0.3) is 11.7 Å². The Hall–Kier alpha value is -3.57. The zero-order chi connectivity index (χ0) is 31.4. The number of hydrogen-bond donors (Lipinski definition) is 1. The summed E-state index contributed by atoms with van der Waals surface area (Å²) in [6.07, 6.45) is 7.37. The van der Waals surface area contributed by atoms with E-state index in [9.17, 15) is 14.4 Å². The van der Waals surface area contributed by atoms with Crippen LogP contribution in [0.4, 0.5) is 11.4 Å². The third-order valence-corrected chi connectivity index (χ3v) is 9.09. The SMILES string of the molecule is Cc1nc2c(OCc3c(Cl)ccc(N(C)C(=O)CNC(=O)C=Cc4ccc(N5CCCCC5=O)cc4)c3Cl)cccn2c1Br.Cl. The van der Waals surface area contributed by atoms with Gasteiger partial charge in [-0.05, 0) is 83.7 Å². The van der Waals surface area contributed by atoms with Crippen molar-refractivity contribution in [3.8, 4) is 5.75 Å². The highest BCUT2D eigenvalue weighted by atomic mass is 79.9. The summed E-state index contributed by atoms with van der Waals surface area (Å²) in [7, 11) is 1.57. The van der Waals surface area contributed by atoms with E-state index in [1.54, 1.807) is 36.2 Å². The van der Waals surface area contributed by atoms with E-state index in [4.69, 9.17) is 27.9 Å². The summed E-state index contributed by atoms with van der Waals surface area (Å²) in [5.74, 6) is -0.119. The number of nitrogens with one attached hydrogen (secondary N) is 1. The lowest BCUT2D eigenvalue weighted by Gasteiger charge is -2.26. The highest BCUT2D eigenvalue weighted by molar-refractivity contribution is 9.10. The molecule has 0 radical (unpaired) electrons. The van der Waals surface area contributed by atoms with Gasteiger partial charge < -0.3 is 19.9 Å². The highest BCUT2D eigenvalue weighted by Gasteiger charge is 2.21. The third-order valence-electron chi connectivity index (χ3n) is 7.36. The fourth-order valence-corrected chi connectivity index (χ4v) is 5.84. The van der Waals surface area contributed by atoms with Crippen molar-refractivity contribution in [2.75, 3.05) is 29.9 Å². The summed E-state index contributed by atoms with van der Waals surface area (Å²) >= 11 is 16.7. The normalized spacial score (nSPS) is 13.2. The van der Waals surface area contributed by atoms with E-state index in [1.165, 1.54) is 11.0 Å². The van der Waals surface area contributed by atoms with Gasteiger partial charge >= 0.3 is 0 Å². The first-order chi connectivity index (χ1) is 21.1. The molecule has 0 spiro atoms. The van der Waals surface area contributed by atoms with Crippen LogP contribution < -0.4 is 19.9 Å². The zero-order valence-corrected chi connectivity index (χ0v) is 28.5. The predicted octanol–water partition coefficient (Wildman–Crippen LogP) is 7.02. The Morgan fingerprint density at radius 3 is 2.62 bits per heavy atom. The summed E-state index contributed by atoms with van der Waals surface area (Å²) < 4.78 is 8.76. The number of benzene rings is 2. The first kappa shape index (κ1) is 34.3. The van der Waals surface area contributed by atoms with Crippen LogP contribution >= 0.6 is 51.5 Å². The highest BCUT2D eigenvalue weighted by Crippen LogP contribution is 2.35. The summed E-state index contributed by atoms with van der Waals surface area (Å²) in [5, 5.41) is 3.27. The number of pyridine rings is 1. The molecule has 5 rings (SSSR count). The molecule has 1 N–H and O–H groups in total. The van der Waals surface area contributed by atoms with E-state index in [0.29, 0.717) is 34.1 Å². The number of nitrogens with zero attached hydrogens (tertiary/aromatic N) is 4. The van der Waals surface area contributed by atoms with Gasteiger partial charge in [-0.3, -0.25) is 18.8 Å². The lowest BCUT2D eigenvalue weighted by atomic mass is 10.1. The molecule has 1 saturated heterocycles. The van der Waals surface area contributed by atoms with E-state index in [0.717, 1.165) is 40.9 Å². The van der Waals surface area contributed by atoms with Crippen LogP contribution in [-0.4, -0.2) is 47.2 Å². The Kier molecular flexibility index (Phi) is 11.5. The summed E-state index contributed by atoms with van der Waals surface area (Å²) in [6, 6.07) is 14.4. The zero-order valence-electron chi connectivity index (χ0n) is 24.6. The van der Waals surface area contributed by atoms with E-state index in [2.05, 4.69) is 26.2 Å². The van der Waals surface area contributed by atoms with Crippen molar-refractivity contribution in [2.45, 2.75) is 32.8 Å². The molecule has 236 valence electrons. The number of carbonyl (C=O) groups is 3. The van der Waals surface area contributed by atoms with Crippen LogP contribution in [-0.2, 0) is 21.0 Å². The van der Waals surface area contributed by atoms with Crippen molar-refractivity contribution in [2.24, 2.45) is 0 Å². The van der Waals surface area contributed by atoms with Crippen LogP contribution in [0.2, 0.25) is 10.0 Å². The molecular formula is C32H31BrCl3N5O4. The van der Waals surface area contributed by atoms with E-state index >= 15 is 0 Å². The average Bonchev–Trinajstić information content (AvgIpc) is 3.32. The average molecular weight is 736 g/mol. The molecule has 13 heteroatoms. The summed E-state index contributed by atoms with van der Waals surface area (Å²) in [4.78, 5) is 45.3. The van der Waals surface area contributed by atoms with Crippen LogP contribution in [0.15, 0.2) is 65.4 Å². The lowest BCUT2D eigenvalue weighted by Crippen LogP contribution is -2.37. The fourth-order valence-electron chi connectivity index (χ4n) is 4.86. The number of ether oxygens (including phenoxy) is 1. The lowest BCUT2D eigenvalue weighted by molar-refractivity contribution is -0.122. The number of rotatable bonds is 9. The van der Waals surface area contributed by atoms with E-state index < -0.39 is 5.91 Å². The number of aryl methyl sites for hydroxylation is 1. The predicted molar refractivity (Wildman–Crippen MR) is 184 cm³/mol. The number of likely N-dealkylation sites (N-methyl/N-ethyl adjacent to an activating group) is 1. The third kappa shape index (κ3) is 7.81. The van der Waals surface area contributed by atoms with Gasteiger partial charge in [-0.15, -0.1) is 12.4 Å². The second-order valence-electron chi connectivity index (χ2n) is 10.3. The van der Waals surface area contributed by atoms with Crippen LogP contribution in [0.5, 0.6) is 5.75 Å². The molecule has 1 aliphatic rings. The maximum Gasteiger partial charge on any atom is 0.246 e. The van der Waals surface area contributed by atoms with Gasteiger partial charge in [-0.25, -0.2) is 4.98 Å². The minimum absolute atomic E-state index is 0. The Labute approximate surface area is 285 Å². The number of halogens is 4. The van der Waals surface area contributed by atoms with Crippen LogP contribution in [0.1, 0.15) is 36.1 Å². The van der Waals surface area contributed by atoms with Crippen LogP contribution in [0.3, 0.4) is 0 Å². The minimum atomic E-state index is -0.423. The van der Waals surface area contributed by atoms with Gasteiger partial charge in [0.05, 0.1) is 22.9 Å². The number of imidazole rings is 1. The Bertz CT molecular complexity index is 1760. The van der Waals surface area contributed by atoms with E-state index in [-0.39, 0.29) is 42.4 Å². The molecule has 0 atom stereocenters. The molecule has 0 bridgehead atoms. The molecule has 45 heavy (non-hydrogen) atoms. The molecule has 0 aliphatic carbocycles. The first-order valence-corrected chi connectivity index (χ1v) is 15.5. The van der Waals surface area contributed by atoms with Crippen molar-refractivity contribution < 1.29 is 19.1 Å². The van der Waals surface area contributed by atoms with Gasteiger partial charge in [0.15, 0.2) is 11.4 Å². The largest absolute Gasteiger partial charge is 0.485 e. The van der Waals surface area contributed by atoms with E-state index in [1.807, 2.05) is 47.9 Å². The number of aromatic nitrogens is 2. The maximum atomic E-state index is 13.0. The number of amides is 3. The molecule has 3 heterocycles. The fraction of sp³-hybridized carbons (Fsp3) is 0.250. The van der Waals surface area contributed by atoms with Gasteiger partial charge in [0, 0.05) is 48.6 Å². The van der Waals surface area contributed by atoms with Gasteiger partial charge in [0.1, 0.15) is 11.2 Å². The van der Waals surface area contributed by atoms with Crippen molar-refractivity contribution in [3.05, 3.63) is 92.3 Å². The Balaban J connectivity index is 0.00000461. The first-order valence-electron chi connectivity index (χ1n) is 14.0. The molecule has 9 nitrogen and oxygen atoms in total. The Morgan fingerprint density at radius 1 is 1.13 bits per heavy atom. The van der Waals surface area contributed by atoms with Crippen molar-refractivity contribution in [1.82, 2.24) is 14.7 Å². The topological polar surface area (TPSA) is 96.2 Å². The molecular weight excluding hydrogens is 705 g/mol. The molecule has 1 aliphatic heterocycles. The molecule has 4 aromatic rings. The molecule has 0 saturated carbocycles. The minimum Gasteiger partial charge on any atom is -0.485 e.